The van der Waals surface area contributed by atoms with Gasteiger partial charge in [0.15, 0.2) is 5.11 Å². The van der Waals surface area contributed by atoms with E-state index in [0.717, 1.165) is 17.7 Å². The van der Waals surface area contributed by atoms with Crippen LogP contribution in [0.5, 0.6) is 0 Å². The zero-order valence-electron chi connectivity index (χ0n) is 15.1. The van der Waals surface area contributed by atoms with Gasteiger partial charge in [0.25, 0.3) is 5.91 Å². The van der Waals surface area contributed by atoms with Crippen molar-refractivity contribution in [2.75, 3.05) is 5.32 Å². The minimum atomic E-state index is -4.42. The summed E-state index contributed by atoms with van der Waals surface area (Å²) in [5, 5.41) is 9.04. The van der Waals surface area contributed by atoms with Gasteiger partial charge in [0.2, 0.25) is 0 Å². The summed E-state index contributed by atoms with van der Waals surface area (Å²) in [4.78, 5) is 13.0. The average molecular weight is 405 g/mol. The molecule has 2 aromatic carbocycles. The molecule has 0 saturated carbocycles. The molecule has 0 aromatic heterocycles. The van der Waals surface area contributed by atoms with Gasteiger partial charge in [-0.1, -0.05) is 30.3 Å². The van der Waals surface area contributed by atoms with E-state index in [1.165, 1.54) is 12.1 Å². The van der Waals surface area contributed by atoms with Crippen LogP contribution >= 0.6 is 12.2 Å². The second-order valence-corrected chi connectivity index (χ2v) is 6.87. The molecule has 3 rings (SSSR count). The molecule has 0 aliphatic carbocycles. The first kappa shape index (κ1) is 19.9. The molecule has 28 heavy (non-hydrogen) atoms. The number of carbonyl (C=O) groups is 1. The number of amides is 1. The highest BCUT2D eigenvalue weighted by atomic mass is 32.1. The first-order chi connectivity index (χ1) is 13.2. The van der Waals surface area contributed by atoms with Gasteiger partial charge in [0.05, 0.1) is 17.2 Å². The van der Waals surface area contributed by atoms with Crippen molar-refractivity contribution in [2.24, 2.45) is 0 Å². The number of anilines is 1. The van der Waals surface area contributed by atoms with Crippen molar-refractivity contribution in [1.29, 1.82) is 0 Å². The van der Waals surface area contributed by atoms with Crippen molar-refractivity contribution in [1.82, 2.24) is 10.6 Å². The fourth-order valence-electron chi connectivity index (χ4n) is 3.01. The Morgan fingerprint density at radius 3 is 2.32 bits per heavy atom. The van der Waals surface area contributed by atoms with Crippen molar-refractivity contribution < 1.29 is 18.0 Å². The van der Waals surface area contributed by atoms with Gasteiger partial charge in [-0.05, 0) is 55.4 Å². The van der Waals surface area contributed by atoms with Crippen LogP contribution < -0.4 is 16.0 Å². The van der Waals surface area contributed by atoms with E-state index in [2.05, 4.69) is 16.0 Å². The van der Waals surface area contributed by atoms with E-state index in [1.807, 2.05) is 25.1 Å². The maximum absolute atomic E-state index is 13.0. The summed E-state index contributed by atoms with van der Waals surface area (Å²) in [7, 11) is 0. The molecular weight excluding hydrogens is 387 g/mol. The third-order valence-corrected chi connectivity index (χ3v) is 4.70. The average Bonchev–Trinajstić information content (AvgIpc) is 2.62. The number of hydrogen-bond acceptors (Lipinski definition) is 2. The molecule has 8 heteroatoms. The summed E-state index contributed by atoms with van der Waals surface area (Å²) in [6.07, 6.45) is -4.42. The summed E-state index contributed by atoms with van der Waals surface area (Å²) < 4.78 is 38.6. The predicted molar refractivity (Wildman–Crippen MR) is 106 cm³/mol. The Bertz CT molecular complexity index is 952. The van der Waals surface area contributed by atoms with Gasteiger partial charge in [0.1, 0.15) is 0 Å². The van der Waals surface area contributed by atoms with Crippen LogP contribution in [-0.2, 0) is 11.0 Å². The van der Waals surface area contributed by atoms with Gasteiger partial charge in [-0.3, -0.25) is 4.79 Å². The van der Waals surface area contributed by atoms with E-state index >= 15 is 0 Å². The number of thiocarbonyl (C=S) groups is 1. The molecule has 1 aliphatic heterocycles. The summed E-state index contributed by atoms with van der Waals surface area (Å²) in [6.45, 7) is 3.58. The summed E-state index contributed by atoms with van der Waals surface area (Å²) in [5.74, 6) is -0.362. The van der Waals surface area contributed by atoms with Gasteiger partial charge in [-0.2, -0.15) is 13.2 Å². The molecule has 146 valence electrons. The summed E-state index contributed by atoms with van der Waals surface area (Å²) in [5.41, 5.74) is 2.21. The van der Waals surface area contributed by atoms with Gasteiger partial charge < -0.3 is 16.0 Å². The van der Waals surface area contributed by atoms with Crippen LogP contribution in [0.15, 0.2) is 59.8 Å². The van der Waals surface area contributed by atoms with Crippen LogP contribution in [0, 0.1) is 6.92 Å². The first-order valence-corrected chi connectivity index (χ1v) is 8.90. The van der Waals surface area contributed by atoms with Crippen LogP contribution in [0.3, 0.4) is 0 Å². The Hall–Kier alpha value is -2.87. The molecule has 0 spiro atoms. The summed E-state index contributed by atoms with van der Waals surface area (Å²) in [6, 6.07) is 11.3. The molecular formula is C20H18F3N3OS. The van der Waals surface area contributed by atoms with Crippen molar-refractivity contribution in [3.63, 3.8) is 0 Å². The van der Waals surface area contributed by atoms with Crippen LogP contribution in [0.25, 0.3) is 0 Å². The number of allylic oxidation sites excluding steroid dienone is 1. The summed E-state index contributed by atoms with van der Waals surface area (Å²) >= 11 is 5.17. The number of nitrogens with one attached hydrogen (secondary N) is 3. The standard InChI is InChI=1S/C20H18F3N3OS/c1-11-5-3-4-6-15(11)25-18(27)16-12(2)24-19(28)26-17(16)13-7-9-14(10-8-13)20(21,22)23/h3-10,17H,1-2H3,(H,25,27)(H2,24,26,28). The number of alkyl halides is 3. The Morgan fingerprint density at radius 2 is 1.71 bits per heavy atom. The molecule has 4 nitrogen and oxygen atoms in total. The van der Waals surface area contributed by atoms with E-state index in [9.17, 15) is 18.0 Å². The Kier molecular flexibility index (Phi) is 5.42. The largest absolute Gasteiger partial charge is 0.416 e. The molecule has 1 aliphatic rings. The van der Waals surface area contributed by atoms with Gasteiger partial charge >= 0.3 is 6.18 Å². The lowest BCUT2D eigenvalue weighted by molar-refractivity contribution is -0.137. The van der Waals surface area contributed by atoms with Crippen molar-refractivity contribution in [3.8, 4) is 0 Å². The number of rotatable bonds is 3. The lowest BCUT2D eigenvalue weighted by Crippen LogP contribution is -2.45. The molecule has 1 unspecified atom stereocenters. The molecule has 1 amide bonds. The van der Waals surface area contributed by atoms with Crippen LogP contribution in [0.4, 0.5) is 18.9 Å². The topological polar surface area (TPSA) is 53.2 Å². The fraction of sp³-hybridized carbons (Fsp3) is 0.200. The molecule has 0 fully saturated rings. The maximum atomic E-state index is 13.0. The molecule has 1 heterocycles. The van der Waals surface area contributed by atoms with E-state index in [-0.39, 0.29) is 5.91 Å². The van der Waals surface area contributed by atoms with Gasteiger partial charge in [0, 0.05) is 11.4 Å². The highest BCUT2D eigenvalue weighted by Gasteiger charge is 2.33. The Labute approximate surface area is 165 Å². The number of halogens is 3. The van der Waals surface area contributed by atoms with Crippen LogP contribution in [0.1, 0.15) is 29.7 Å². The van der Waals surface area contributed by atoms with E-state index in [1.54, 1.807) is 13.0 Å². The molecule has 0 bridgehead atoms. The fourth-order valence-corrected chi connectivity index (χ4v) is 3.28. The molecule has 1 atom stereocenters. The predicted octanol–water partition coefficient (Wildman–Crippen LogP) is 4.45. The highest BCUT2D eigenvalue weighted by Crippen LogP contribution is 2.32. The minimum Gasteiger partial charge on any atom is -0.351 e. The van der Waals surface area contributed by atoms with E-state index in [0.29, 0.717) is 27.6 Å². The van der Waals surface area contributed by atoms with Crippen molar-refractivity contribution in [3.05, 3.63) is 76.5 Å². The number of carbonyl (C=O) groups excluding carboxylic acids is 1. The second kappa shape index (κ2) is 7.63. The number of aryl methyl sites for hydroxylation is 1. The lowest BCUT2D eigenvalue weighted by Gasteiger charge is -2.30. The van der Waals surface area contributed by atoms with Crippen molar-refractivity contribution in [2.45, 2.75) is 26.1 Å². The van der Waals surface area contributed by atoms with Gasteiger partial charge in [-0.25, -0.2) is 0 Å². The minimum absolute atomic E-state index is 0.301. The second-order valence-electron chi connectivity index (χ2n) is 6.46. The zero-order chi connectivity index (χ0) is 20.5. The molecule has 2 aromatic rings. The maximum Gasteiger partial charge on any atom is 0.416 e. The lowest BCUT2D eigenvalue weighted by atomic mass is 9.94. The van der Waals surface area contributed by atoms with Crippen LogP contribution in [0.2, 0.25) is 0 Å². The normalized spacial score (nSPS) is 17.0. The smallest absolute Gasteiger partial charge is 0.351 e. The van der Waals surface area contributed by atoms with E-state index in [4.69, 9.17) is 12.2 Å². The van der Waals surface area contributed by atoms with Gasteiger partial charge in [-0.15, -0.1) is 0 Å². The Balaban J connectivity index is 1.95. The SMILES string of the molecule is CC1=C(C(=O)Nc2ccccc2C)C(c2ccc(C(F)(F)F)cc2)NC(=S)N1. The Morgan fingerprint density at radius 1 is 1.07 bits per heavy atom. The zero-order valence-corrected chi connectivity index (χ0v) is 16.0. The number of benzene rings is 2. The molecule has 0 saturated heterocycles. The third kappa shape index (κ3) is 4.17. The number of hydrogen-bond donors (Lipinski definition) is 3. The highest BCUT2D eigenvalue weighted by molar-refractivity contribution is 7.80. The monoisotopic (exact) mass is 405 g/mol. The third-order valence-electron chi connectivity index (χ3n) is 4.48. The number of para-hydroxylation sites is 1. The first-order valence-electron chi connectivity index (χ1n) is 8.49. The van der Waals surface area contributed by atoms with Crippen LogP contribution in [-0.4, -0.2) is 11.0 Å². The molecule has 0 radical (unpaired) electrons. The molecule has 3 N–H and O–H groups in total. The van der Waals surface area contributed by atoms with Crippen molar-refractivity contribution >= 4 is 28.9 Å². The quantitative estimate of drug-likeness (QED) is 0.661. The van der Waals surface area contributed by atoms with E-state index < -0.39 is 17.8 Å².